The molecular weight excluding hydrogens is 252 g/mol. The van der Waals surface area contributed by atoms with Crippen LogP contribution in [0.25, 0.3) is 0 Å². The van der Waals surface area contributed by atoms with E-state index in [0.29, 0.717) is 5.96 Å². The van der Waals surface area contributed by atoms with Crippen molar-refractivity contribution in [3.8, 4) is 0 Å². The van der Waals surface area contributed by atoms with Crippen molar-refractivity contribution in [2.75, 3.05) is 27.7 Å². The molecule has 2 aliphatic heterocycles. The highest BCUT2D eigenvalue weighted by Crippen LogP contribution is 2.19. The quantitative estimate of drug-likeness (QED) is 0.513. The molecule has 0 spiro atoms. The Bertz CT molecular complexity index is 462. The molecule has 2 atom stereocenters. The molecule has 2 rings (SSSR count). The number of urea groups is 1. The van der Waals surface area contributed by atoms with Gasteiger partial charge in [-0.1, -0.05) is 0 Å². The molecule has 0 radical (unpaired) electrons. The zero-order chi connectivity index (χ0) is 14.2. The summed E-state index contributed by atoms with van der Waals surface area (Å²) >= 11 is 0. The van der Waals surface area contributed by atoms with Crippen LogP contribution in [0.5, 0.6) is 0 Å². The summed E-state index contributed by atoms with van der Waals surface area (Å²) in [5, 5.41) is 7.71. The van der Waals surface area contributed by atoms with Crippen molar-refractivity contribution in [2.24, 2.45) is 4.99 Å². The summed E-state index contributed by atoms with van der Waals surface area (Å²) in [5.74, 6) is -0.269. The van der Waals surface area contributed by atoms with Gasteiger partial charge in [0, 0.05) is 21.1 Å². The Hall–Kier alpha value is -2.32. The molecule has 104 valence electrons. The van der Waals surface area contributed by atoms with Crippen LogP contribution in [0, 0.1) is 0 Å². The predicted molar refractivity (Wildman–Crippen MR) is 66.1 cm³/mol. The van der Waals surface area contributed by atoms with E-state index in [4.69, 9.17) is 0 Å². The number of hydrogen-bond donors (Lipinski definition) is 3. The Morgan fingerprint density at radius 1 is 1.47 bits per heavy atom. The van der Waals surface area contributed by atoms with Gasteiger partial charge in [-0.2, -0.15) is 0 Å². The van der Waals surface area contributed by atoms with Crippen LogP contribution < -0.4 is 16.0 Å². The summed E-state index contributed by atoms with van der Waals surface area (Å²) in [7, 11) is 4.64. The summed E-state index contributed by atoms with van der Waals surface area (Å²) in [4.78, 5) is 41.9. The third kappa shape index (κ3) is 2.07. The van der Waals surface area contributed by atoms with Gasteiger partial charge < -0.3 is 20.4 Å². The third-order valence-corrected chi connectivity index (χ3v) is 3.22. The lowest BCUT2D eigenvalue weighted by molar-refractivity contribution is -0.128. The smallest absolute Gasteiger partial charge is 0.325 e. The number of rotatable bonds is 2. The molecule has 9 heteroatoms. The Morgan fingerprint density at radius 2 is 2.16 bits per heavy atom. The maximum Gasteiger partial charge on any atom is 0.325 e. The number of amides is 4. The van der Waals surface area contributed by atoms with Crippen molar-refractivity contribution in [2.45, 2.75) is 12.2 Å². The highest BCUT2D eigenvalue weighted by Gasteiger charge is 2.49. The maximum atomic E-state index is 11.9. The van der Waals surface area contributed by atoms with Crippen LogP contribution in [0.15, 0.2) is 4.99 Å². The standard InChI is InChI=1S/C10H16N6O3/c1-11-5(17)4-16-6-7(13-9(16)12-2)15(3)10(19)14-8(6)18/h6-7H,4H2,1-3H3,(H,11,17)(H,12,13)(H,14,18,19). The molecule has 19 heavy (non-hydrogen) atoms. The maximum absolute atomic E-state index is 11.9. The van der Waals surface area contributed by atoms with Crippen LogP contribution in [0.2, 0.25) is 0 Å². The summed E-state index contributed by atoms with van der Waals surface area (Å²) in [6, 6.07) is -1.14. The largest absolute Gasteiger partial charge is 0.358 e. The number of likely N-dealkylation sites (N-methyl/N-ethyl adjacent to an activating group) is 2. The fraction of sp³-hybridized carbons (Fsp3) is 0.600. The van der Waals surface area contributed by atoms with Crippen molar-refractivity contribution in [3.05, 3.63) is 0 Å². The second-order valence-electron chi connectivity index (χ2n) is 4.29. The first kappa shape index (κ1) is 13.1. The summed E-state index contributed by atoms with van der Waals surface area (Å²) in [6.07, 6.45) is -0.524. The van der Waals surface area contributed by atoms with E-state index in [-0.39, 0.29) is 12.5 Å². The Morgan fingerprint density at radius 3 is 2.74 bits per heavy atom. The summed E-state index contributed by atoms with van der Waals surface area (Å²) < 4.78 is 0. The van der Waals surface area contributed by atoms with Crippen LogP contribution in [-0.4, -0.2) is 73.5 Å². The fourth-order valence-corrected chi connectivity index (χ4v) is 2.18. The SMILES string of the molecule is CN=C1NC2C(C(=O)NC(=O)N2C)N1CC(=O)NC. The van der Waals surface area contributed by atoms with E-state index in [1.807, 2.05) is 0 Å². The Balaban J connectivity index is 2.29. The molecule has 4 amide bonds. The molecule has 9 nitrogen and oxygen atoms in total. The first-order valence-electron chi connectivity index (χ1n) is 5.77. The number of imide groups is 1. The van der Waals surface area contributed by atoms with Gasteiger partial charge in [-0.25, -0.2) is 4.79 Å². The average Bonchev–Trinajstić information content (AvgIpc) is 2.75. The number of nitrogens with zero attached hydrogens (tertiary/aromatic N) is 3. The van der Waals surface area contributed by atoms with E-state index in [0.717, 1.165) is 0 Å². The van der Waals surface area contributed by atoms with Crippen LogP contribution >= 0.6 is 0 Å². The lowest BCUT2D eigenvalue weighted by Crippen LogP contribution is -2.65. The van der Waals surface area contributed by atoms with Gasteiger partial charge in [0.05, 0.1) is 0 Å². The molecule has 0 bridgehead atoms. The van der Waals surface area contributed by atoms with E-state index in [2.05, 4.69) is 20.9 Å². The van der Waals surface area contributed by atoms with E-state index in [9.17, 15) is 14.4 Å². The van der Waals surface area contributed by atoms with Crippen molar-refractivity contribution in [1.82, 2.24) is 25.8 Å². The molecule has 0 aromatic rings. The number of aliphatic imine (C=N–C) groups is 1. The lowest BCUT2D eigenvalue weighted by atomic mass is 10.1. The number of hydrogen-bond acceptors (Lipinski definition) is 4. The number of carbonyl (C=O) groups excluding carboxylic acids is 3. The topological polar surface area (TPSA) is 106 Å². The Labute approximate surface area is 110 Å². The molecule has 0 aliphatic carbocycles. The second kappa shape index (κ2) is 4.75. The number of carbonyl (C=O) groups is 3. The molecule has 2 fully saturated rings. The molecule has 2 heterocycles. The lowest BCUT2D eigenvalue weighted by Gasteiger charge is -2.35. The molecule has 2 aliphatic rings. The first-order chi connectivity index (χ1) is 8.99. The van der Waals surface area contributed by atoms with Crippen molar-refractivity contribution >= 4 is 23.8 Å². The zero-order valence-corrected chi connectivity index (χ0v) is 10.9. The number of nitrogens with one attached hydrogen (secondary N) is 3. The number of guanidine groups is 1. The molecule has 2 saturated heterocycles. The first-order valence-corrected chi connectivity index (χ1v) is 5.77. The van der Waals surface area contributed by atoms with Gasteiger partial charge in [0.1, 0.15) is 12.7 Å². The number of fused-ring (bicyclic) bond motifs is 1. The molecule has 2 unspecified atom stereocenters. The highest BCUT2D eigenvalue weighted by atomic mass is 16.2. The van der Waals surface area contributed by atoms with Gasteiger partial charge in [0.15, 0.2) is 12.0 Å². The van der Waals surface area contributed by atoms with Gasteiger partial charge in [-0.05, 0) is 0 Å². The van der Waals surface area contributed by atoms with Gasteiger partial charge in [0.2, 0.25) is 5.91 Å². The van der Waals surface area contributed by atoms with E-state index in [1.54, 1.807) is 19.0 Å². The minimum Gasteiger partial charge on any atom is -0.358 e. The molecule has 0 aromatic carbocycles. The Kier molecular flexibility index (Phi) is 3.28. The fourth-order valence-electron chi connectivity index (χ4n) is 2.18. The third-order valence-electron chi connectivity index (χ3n) is 3.22. The van der Waals surface area contributed by atoms with Crippen LogP contribution in [0.1, 0.15) is 0 Å². The average molecular weight is 268 g/mol. The minimum absolute atomic E-state index is 0.00715. The molecule has 3 N–H and O–H groups in total. The predicted octanol–water partition coefficient (Wildman–Crippen LogP) is -2.50. The van der Waals surface area contributed by atoms with Crippen molar-refractivity contribution < 1.29 is 14.4 Å². The monoisotopic (exact) mass is 268 g/mol. The van der Waals surface area contributed by atoms with Gasteiger partial charge >= 0.3 is 6.03 Å². The van der Waals surface area contributed by atoms with Crippen LogP contribution in [0.3, 0.4) is 0 Å². The van der Waals surface area contributed by atoms with Gasteiger partial charge in [-0.15, -0.1) is 0 Å². The molecular formula is C10H16N6O3. The van der Waals surface area contributed by atoms with Gasteiger partial charge in [-0.3, -0.25) is 19.9 Å². The van der Waals surface area contributed by atoms with E-state index >= 15 is 0 Å². The molecule has 0 aromatic heterocycles. The van der Waals surface area contributed by atoms with Gasteiger partial charge in [0.25, 0.3) is 5.91 Å². The van der Waals surface area contributed by atoms with E-state index < -0.39 is 24.1 Å². The highest BCUT2D eigenvalue weighted by molar-refractivity contribution is 6.05. The van der Waals surface area contributed by atoms with E-state index in [1.165, 1.54) is 11.9 Å². The van der Waals surface area contributed by atoms with Crippen molar-refractivity contribution in [3.63, 3.8) is 0 Å². The second-order valence-corrected chi connectivity index (χ2v) is 4.29. The zero-order valence-electron chi connectivity index (χ0n) is 10.9. The summed E-state index contributed by atoms with van der Waals surface area (Å²) in [5.41, 5.74) is 0. The normalized spacial score (nSPS) is 28.1. The molecule has 0 saturated carbocycles. The van der Waals surface area contributed by atoms with Crippen molar-refractivity contribution in [1.29, 1.82) is 0 Å². The van der Waals surface area contributed by atoms with Crippen LogP contribution in [0.4, 0.5) is 4.79 Å². The minimum atomic E-state index is -0.668. The summed E-state index contributed by atoms with van der Waals surface area (Å²) in [6.45, 7) is -0.00715. The van der Waals surface area contributed by atoms with Crippen LogP contribution in [-0.2, 0) is 9.59 Å².